The lowest BCUT2D eigenvalue weighted by atomic mass is 10.1. The van der Waals surface area contributed by atoms with Gasteiger partial charge in [-0.15, -0.1) is 0 Å². The van der Waals surface area contributed by atoms with E-state index in [2.05, 4.69) is 39.3 Å². The fourth-order valence-electron chi connectivity index (χ4n) is 3.54. The van der Waals surface area contributed by atoms with E-state index in [9.17, 15) is 0 Å². The second-order valence-electron chi connectivity index (χ2n) is 6.96. The summed E-state index contributed by atoms with van der Waals surface area (Å²) < 4.78 is 10.6. The van der Waals surface area contributed by atoms with Crippen molar-refractivity contribution >= 4 is 11.6 Å². The first-order valence-corrected chi connectivity index (χ1v) is 9.96. The van der Waals surface area contributed by atoms with Crippen LogP contribution in [0.1, 0.15) is 23.9 Å². The first-order chi connectivity index (χ1) is 13.6. The number of anilines is 1. The van der Waals surface area contributed by atoms with Crippen LogP contribution >= 0.6 is 0 Å². The zero-order valence-electron chi connectivity index (χ0n) is 17.4. The number of aryl methyl sites for hydroxylation is 2. The molecule has 0 aliphatic carbocycles. The number of methoxy groups -OCH3 is 1. The van der Waals surface area contributed by atoms with Crippen LogP contribution in [0, 0.1) is 13.8 Å². The standard InChI is InChI=1S/C21H31N5O2/c1-5-22-21(23-10-9-20-16(2)24-28-17(20)3)26-13-11-25(12-14-26)18-7-6-8-19(15-18)27-4/h6-8,15H,5,9-14H2,1-4H3,(H,22,23). The van der Waals surface area contributed by atoms with Crippen molar-refractivity contribution < 1.29 is 9.26 Å². The monoisotopic (exact) mass is 385 g/mol. The lowest BCUT2D eigenvalue weighted by molar-refractivity contribution is 0.372. The highest BCUT2D eigenvalue weighted by atomic mass is 16.5. The highest BCUT2D eigenvalue weighted by Crippen LogP contribution is 2.22. The maximum absolute atomic E-state index is 5.35. The number of ether oxygens (including phenoxy) is 1. The molecule has 0 saturated carbocycles. The fraction of sp³-hybridized carbons (Fsp3) is 0.524. The molecule has 0 amide bonds. The van der Waals surface area contributed by atoms with E-state index in [1.54, 1.807) is 7.11 Å². The lowest BCUT2D eigenvalue weighted by Crippen LogP contribution is -2.52. The number of hydrogen-bond acceptors (Lipinski definition) is 5. The summed E-state index contributed by atoms with van der Waals surface area (Å²) in [7, 11) is 1.71. The predicted molar refractivity (Wildman–Crippen MR) is 112 cm³/mol. The number of piperazine rings is 1. The summed E-state index contributed by atoms with van der Waals surface area (Å²) in [6.45, 7) is 11.4. The minimum Gasteiger partial charge on any atom is -0.497 e. The Kier molecular flexibility index (Phi) is 6.79. The van der Waals surface area contributed by atoms with E-state index in [1.807, 2.05) is 26.0 Å². The molecule has 0 bridgehead atoms. The van der Waals surface area contributed by atoms with Crippen molar-refractivity contribution in [3.05, 3.63) is 41.3 Å². The zero-order valence-corrected chi connectivity index (χ0v) is 17.4. The average molecular weight is 386 g/mol. The summed E-state index contributed by atoms with van der Waals surface area (Å²) in [5.41, 5.74) is 3.34. The average Bonchev–Trinajstić information content (AvgIpc) is 3.05. The van der Waals surface area contributed by atoms with Gasteiger partial charge in [-0.2, -0.15) is 0 Å². The van der Waals surface area contributed by atoms with Gasteiger partial charge < -0.3 is 24.4 Å². The van der Waals surface area contributed by atoms with E-state index in [0.29, 0.717) is 0 Å². The van der Waals surface area contributed by atoms with Crippen molar-refractivity contribution in [1.82, 2.24) is 15.4 Å². The Labute approximate surface area is 167 Å². The molecule has 2 aromatic rings. The van der Waals surface area contributed by atoms with Gasteiger partial charge in [0.15, 0.2) is 5.96 Å². The highest BCUT2D eigenvalue weighted by molar-refractivity contribution is 5.80. The molecule has 0 unspecified atom stereocenters. The third-order valence-corrected chi connectivity index (χ3v) is 5.14. The molecular weight excluding hydrogens is 354 g/mol. The van der Waals surface area contributed by atoms with Crippen molar-refractivity contribution in [3.8, 4) is 5.75 Å². The van der Waals surface area contributed by atoms with Gasteiger partial charge in [-0.05, 0) is 39.3 Å². The number of nitrogens with one attached hydrogen (secondary N) is 1. The molecule has 7 nitrogen and oxygen atoms in total. The van der Waals surface area contributed by atoms with Gasteiger partial charge in [-0.3, -0.25) is 4.99 Å². The molecule has 1 aliphatic heterocycles. The van der Waals surface area contributed by atoms with Gasteiger partial charge in [-0.1, -0.05) is 11.2 Å². The molecule has 1 aromatic carbocycles. The quantitative estimate of drug-likeness (QED) is 0.609. The van der Waals surface area contributed by atoms with Gasteiger partial charge in [-0.25, -0.2) is 0 Å². The molecule has 2 heterocycles. The summed E-state index contributed by atoms with van der Waals surface area (Å²) in [6, 6.07) is 8.26. The van der Waals surface area contributed by atoms with Crippen LogP contribution in [0.15, 0.2) is 33.8 Å². The van der Waals surface area contributed by atoms with Crippen LogP contribution in [0.2, 0.25) is 0 Å². The van der Waals surface area contributed by atoms with E-state index < -0.39 is 0 Å². The molecule has 1 aromatic heterocycles. The second kappa shape index (κ2) is 9.48. The molecule has 1 fully saturated rings. The number of benzene rings is 1. The minimum absolute atomic E-state index is 0.724. The van der Waals surface area contributed by atoms with Crippen molar-refractivity contribution in [1.29, 1.82) is 0 Å². The highest BCUT2D eigenvalue weighted by Gasteiger charge is 2.20. The van der Waals surface area contributed by atoms with Gasteiger partial charge in [0, 0.05) is 56.6 Å². The first kappa shape index (κ1) is 20.0. The van der Waals surface area contributed by atoms with Crippen molar-refractivity contribution in [3.63, 3.8) is 0 Å². The summed E-state index contributed by atoms with van der Waals surface area (Å²) in [5.74, 6) is 2.78. The van der Waals surface area contributed by atoms with E-state index in [1.165, 1.54) is 11.3 Å². The first-order valence-electron chi connectivity index (χ1n) is 9.96. The molecule has 1 aliphatic rings. The smallest absolute Gasteiger partial charge is 0.194 e. The Hall–Kier alpha value is -2.70. The van der Waals surface area contributed by atoms with Gasteiger partial charge in [0.05, 0.1) is 12.8 Å². The summed E-state index contributed by atoms with van der Waals surface area (Å²) >= 11 is 0. The molecule has 0 spiro atoms. The third kappa shape index (κ3) is 4.77. The van der Waals surface area contributed by atoms with Crippen LogP contribution in [0.25, 0.3) is 0 Å². The van der Waals surface area contributed by atoms with Crippen LogP contribution in [-0.4, -0.2) is 62.4 Å². The number of guanidine groups is 1. The fourth-order valence-corrected chi connectivity index (χ4v) is 3.54. The van der Waals surface area contributed by atoms with Gasteiger partial charge in [0.2, 0.25) is 0 Å². The van der Waals surface area contributed by atoms with Crippen molar-refractivity contribution in [2.45, 2.75) is 27.2 Å². The number of rotatable bonds is 6. The van der Waals surface area contributed by atoms with E-state index in [4.69, 9.17) is 14.3 Å². The molecule has 3 rings (SSSR count). The molecule has 1 saturated heterocycles. The molecule has 0 radical (unpaired) electrons. The van der Waals surface area contributed by atoms with E-state index in [-0.39, 0.29) is 0 Å². The SMILES string of the molecule is CCNC(=NCCc1c(C)noc1C)N1CCN(c2cccc(OC)c2)CC1. The minimum atomic E-state index is 0.724. The van der Waals surface area contributed by atoms with E-state index >= 15 is 0 Å². The molecule has 7 heteroatoms. The Balaban J connectivity index is 1.59. The van der Waals surface area contributed by atoms with Crippen LogP contribution in [0.4, 0.5) is 5.69 Å². The Morgan fingerprint density at radius 1 is 1.25 bits per heavy atom. The molecule has 1 N–H and O–H groups in total. The van der Waals surface area contributed by atoms with Crippen LogP contribution < -0.4 is 15.0 Å². The predicted octanol–water partition coefficient (Wildman–Crippen LogP) is 2.63. The van der Waals surface area contributed by atoms with Gasteiger partial charge >= 0.3 is 0 Å². The second-order valence-corrected chi connectivity index (χ2v) is 6.96. The van der Waals surface area contributed by atoms with Gasteiger partial charge in [0.1, 0.15) is 11.5 Å². The van der Waals surface area contributed by atoms with Crippen LogP contribution in [-0.2, 0) is 6.42 Å². The van der Waals surface area contributed by atoms with Crippen LogP contribution in [0.3, 0.4) is 0 Å². The Morgan fingerprint density at radius 3 is 2.68 bits per heavy atom. The number of hydrogen-bond donors (Lipinski definition) is 1. The largest absolute Gasteiger partial charge is 0.497 e. The maximum atomic E-state index is 5.35. The van der Waals surface area contributed by atoms with Crippen LogP contribution in [0.5, 0.6) is 5.75 Å². The third-order valence-electron chi connectivity index (χ3n) is 5.14. The Morgan fingerprint density at radius 2 is 2.04 bits per heavy atom. The summed E-state index contributed by atoms with van der Waals surface area (Å²) in [5, 5.41) is 7.46. The van der Waals surface area contributed by atoms with Gasteiger partial charge in [0.25, 0.3) is 0 Å². The van der Waals surface area contributed by atoms with Crippen molar-refractivity contribution in [2.75, 3.05) is 51.3 Å². The summed E-state index contributed by atoms with van der Waals surface area (Å²) in [6.07, 6.45) is 0.847. The van der Waals surface area contributed by atoms with E-state index in [0.717, 1.165) is 68.9 Å². The molecular formula is C21H31N5O2. The normalized spacial score (nSPS) is 15.1. The maximum Gasteiger partial charge on any atom is 0.194 e. The number of nitrogens with zero attached hydrogens (tertiary/aromatic N) is 4. The zero-order chi connectivity index (χ0) is 19.9. The number of aliphatic imine (C=N–C) groups is 1. The Bertz CT molecular complexity index is 774. The lowest BCUT2D eigenvalue weighted by Gasteiger charge is -2.37. The molecule has 0 atom stereocenters. The number of aromatic nitrogens is 1. The summed E-state index contributed by atoms with van der Waals surface area (Å²) in [4.78, 5) is 9.58. The molecule has 28 heavy (non-hydrogen) atoms. The topological polar surface area (TPSA) is 66.1 Å². The van der Waals surface area contributed by atoms with Crippen molar-refractivity contribution in [2.24, 2.45) is 4.99 Å². The molecule has 152 valence electrons.